The molecular weight excluding hydrogens is 502 g/mol. The summed E-state index contributed by atoms with van der Waals surface area (Å²) in [5.74, 6) is -0.939. The molecule has 1 N–H and O–H groups in total. The number of nitro groups is 1. The van der Waals surface area contributed by atoms with Crippen molar-refractivity contribution in [3.05, 3.63) is 98.1 Å². The van der Waals surface area contributed by atoms with Gasteiger partial charge in [0.1, 0.15) is 23.7 Å². The summed E-state index contributed by atoms with van der Waals surface area (Å²) in [6, 6.07) is 14.4. The van der Waals surface area contributed by atoms with Crippen LogP contribution in [0.1, 0.15) is 16.7 Å². The van der Waals surface area contributed by atoms with E-state index in [0.717, 1.165) is 10.5 Å². The van der Waals surface area contributed by atoms with Crippen LogP contribution in [-0.2, 0) is 16.2 Å². The molecule has 1 aliphatic heterocycles. The summed E-state index contributed by atoms with van der Waals surface area (Å²) in [6.45, 7) is 1.83. The van der Waals surface area contributed by atoms with Crippen LogP contribution in [0.5, 0.6) is 11.5 Å². The molecule has 1 saturated heterocycles. The highest BCUT2D eigenvalue weighted by molar-refractivity contribution is 6.39. The molecule has 1 aliphatic rings. The van der Waals surface area contributed by atoms with Crippen molar-refractivity contribution in [3.8, 4) is 11.5 Å². The summed E-state index contributed by atoms with van der Waals surface area (Å²) in [6.07, 6.45) is 1.32. The van der Waals surface area contributed by atoms with Crippen molar-refractivity contribution in [2.45, 2.75) is 13.5 Å². The molecule has 37 heavy (non-hydrogen) atoms. The number of rotatable bonds is 7. The van der Waals surface area contributed by atoms with E-state index in [0.29, 0.717) is 21.9 Å². The number of nitrogens with zero attached hydrogens (tertiary/aromatic N) is 2. The standard InChI is InChI=1S/C26H20ClN3O7/c1-15-3-7-19(12-22(15)27)29-25(32)21(24(31)28-26(29)33)11-17-6-10-20(36-2)13-23(17)37-14-16-4-8-18(9-5-16)30(34)35/h3-13H,14H2,1-2H3,(H,28,31,33)/b21-11+. The zero-order chi connectivity index (χ0) is 26.7. The Hall–Kier alpha value is -4.70. The Morgan fingerprint density at radius 2 is 1.78 bits per heavy atom. The Morgan fingerprint density at radius 3 is 2.43 bits per heavy atom. The maximum atomic E-state index is 13.3. The molecule has 0 radical (unpaired) electrons. The lowest BCUT2D eigenvalue weighted by Gasteiger charge is -2.26. The summed E-state index contributed by atoms with van der Waals surface area (Å²) < 4.78 is 11.2. The topological polar surface area (TPSA) is 128 Å². The predicted octanol–water partition coefficient (Wildman–Crippen LogP) is 4.81. The number of urea groups is 1. The predicted molar refractivity (Wildman–Crippen MR) is 136 cm³/mol. The number of hydrogen-bond donors (Lipinski definition) is 1. The number of carbonyl (C=O) groups is 3. The number of aryl methyl sites for hydroxylation is 1. The zero-order valence-corrected chi connectivity index (χ0v) is 20.4. The quantitative estimate of drug-likeness (QED) is 0.204. The third-order valence-electron chi connectivity index (χ3n) is 5.58. The van der Waals surface area contributed by atoms with Gasteiger partial charge in [-0.3, -0.25) is 25.0 Å². The molecule has 11 heteroatoms. The third-order valence-corrected chi connectivity index (χ3v) is 5.98. The van der Waals surface area contributed by atoms with Crippen molar-refractivity contribution in [2.75, 3.05) is 12.0 Å². The molecule has 0 saturated carbocycles. The van der Waals surface area contributed by atoms with Crippen LogP contribution in [0.15, 0.2) is 66.2 Å². The molecule has 0 spiro atoms. The van der Waals surface area contributed by atoms with E-state index in [1.807, 2.05) is 0 Å². The Morgan fingerprint density at radius 1 is 1.05 bits per heavy atom. The highest BCUT2D eigenvalue weighted by Gasteiger charge is 2.37. The van der Waals surface area contributed by atoms with Crippen molar-refractivity contribution in [1.82, 2.24) is 5.32 Å². The van der Waals surface area contributed by atoms with Crippen LogP contribution >= 0.6 is 11.6 Å². The lowest BCUT2D eigenvalue weighted by molar-refractivity contribution is -0.384. The SMILES string of the molecule is COc1ccc(/C=C2\C(=O)NC(=O)N(c3ccc(C)c(Cl)c3)C2=O)c(OCc2ccc([N+](=O)[O-])cc2)c1. The number of anilines is 1. The Bertz CT molecular complexity index is 1450. The van der Waals surface area contributed by atoms with E-state index in [9.17, 15) is 24.5 Å². The number of methoxy groups -OCH3 is 1. The minimum absolute atomic E-state index is 0.0496. The van der Waals surface area contributed by atoms with Crippen molar-refractivity contribution < 1.29 is 28.8 Å². The molecule has 0 atom stereocenters. The number of hydrogen-bond acceptors (Lipinski definition) is 7. The fraction of sp³-hybridized carbons (Fsp3) is 0.115. The number of benzene rings is 3. The lowest BCUT2D eigenvalue weighted by Crippen LogP contribution is -2.54. The molecule has 3 aromatic rings. The van der Waals surface area contributed by atoms with Gasteiger partial charge in [0.2, 0.25) is 0 Å². The van der Waals surface area contributed by atoms with Crippen LogP contribution in [-0.4, -0.2) is 29.9 Å². The first-order valence-corrected chi connectivity index (χ1v) is 11.3. The fourth-order valence-corrected chi connectivity index (χ4v) is 3.70. The van der Waals surface area contributed by atoms with Crippen LogP contribution in [0.3, 0.4) is 0 Å². The van der Waals surface area contributed by atoms with Gasteiger partial charge in [0.05, 0.1) is 17.7 Å². The molecule has 0 aliphatic carbocycles. The molecule has 0 bridgehead atoms. The fourth-order valence-electron chi connectivity index (χ4n) is 3.53. The van der Waals surface area contributed by atoms with Gasteiger partial charge in [-0.2, -0.15) is 0 Å². The molecule has 188 valence electrons. The number of amides is 4. The summed E-state index contributed by atoms with van der Waals surface area (Å²) >= 11 is 6.17. The van der Waals surface area contributed by atoms with E-state index in [4.69, 9.17) is 21.1 Å². The number of halogens is 1. The monoisotopic (exact) mass is 521 g/mol. The van der Waals surface area contributed by atoms with Crippen LogP contribution in [0, 0.1) is 17.0 Å². The maximum absolute atomic E-state index is 13.3. The number of non-ortho nitro benzene ring substituents is 1. The molecule has 0 unspecified atom stereocenters. The number of barbiturate groups is 1. The smallest absolute Gasteiger partial charge is 0.335 e. The maximum Gasteiger partial charge on any atom is 0.335 e. The Labute approximate surface area is 216 Å². The summed E-state index contributed by atoms with van der Waals surface area (Å²) in [4.78, 5) is 49.6. The molecular formula is C26H20ClN3O7. The number of nitro benzene ring substituents is 1. The molecule has 1 fully saturated rings. The minimum atomic E-state index is -0.892. The zero-order valence-electron chi connectivity index (χ0n) is 19.7. The number of nitrogens with one attached hydrogen (secondary N) is 1. The van der Waals surface area contributed by atoms with Gasteiger partial charge in [-0.1, -0.05) is 17.7 Å². The van der Waals surface area contributed by atoms with Gasteiger partial charge in [0.15, 0.2) is 0 Å². The normalized spacial score (nSPS) is 14.5. The van der Waals surface area contributed by atoms with E-state index in [1.165, 1.54) is 31.4 Å². The van der Waals surface area contributed by atoms with E-state index in [1.54, 1.807) is 49.4 Å². The number of ether oxygens (including phenoxy) is 2. The Kier molecular flexibility index (Phi) is 7.21. The second kappa shape index (κ2) is 10.5. The van der Waals surface area contributed by atoms with E-state index in [2.05, 4.69) is 5.32 Å². The Balaban J connectivity index is 1.66. The first-order valence-electron chi connectivity index (χ1n) is 10.9. The van der Waals surface area contributed by atoms with Crippen LogP contribution < -0.4 is 19.7 Å². The van der Waals surface area contributed by atoms with Crippen molar-refractivity contribution in [3.63, 3.8) is 0 Å². The first-order chi connectivity index (χ1) is 17.7. The molecule has 4 amide bonds. The van der Waals surface area contributed by atoms with Gasteiger partial charge in [-0.15, -0.1) is 0 Å². The van der Waals surface area contributed by atoms with Crippen molar-refractivity contribution >= 4 is 46.9 Å². The van der Waals surface area contributed by atoms with Crippen molar-refractivity contribution in [1.29, 1.82) is 0 Å². The molecule has 10 nitrogen and oxygen atoms in total. The van der Waals surface area contributed by atoms with Gasteiger partial charge < -0.3 is 9.47 Å². The second-order valence-electron chi connectivity index (χ2n) is 8.01. The average Bonchev–Trinajstić information content (AvgIpc) is 2.87. The van der Waals surface area contributed by atoms with Crippen LogP contribution in [0.2, 0.25) is 5.02 Å². The number of carbonyl (C=O) groups excluding carboxylic acids is 3. The summed E-state index contributed by atoms with van der Waals surface area (Å²) in [5.41, 5.74) is 1.66. The largest absolute Gasteiger partial charge is 0.497 e. The average molecular weight is 522 g/mol. The summed E-state index contributed by atoms with van der Waals surface area (Å²) in [7, 11) is 1.47. The number of imide groups is 2. The van der Waals surface area contributed by atoms with Gasteiger partial charge in [0.25, 0.3) is 17.5 Å². The van der Waals surface area contributed by atoms with Gasteiger partial charge >= 0.3 is 6.03 Å². The molecule has 4 rings (SSSR count). The molecule has 3 aromatic carbocycles. The van der Waals surface area contributed by atoms with E-state index >= 15 is 0 Å². The molecule has 0 aromatic heterocycles. The van der Waals surface area contributed by atoms with Gasteiger partial charge in [-0.05, 0) is 60.5 Å². The van der Waals surface area contributed by atoms with Gasteiger partial charge in [0, 0.05) is 28.8 Å². The van der Waals surface area contributed by atoms with Crippen LogP contribution in [0.4, 0.5) is 16.2 Å². The molecule has 1 heterocycles. The minimum Gasteiger partial charge on any atom is -0.497 e. The first kappa shape index (κ1) is 25.4. The summed E-state index contributed by atoms with van der Waals surface area (Å²) in [5, 5.41) is 13.4. The lowest BCUT2D eigenvalue weighted by atomic mass is 10.1. The second-order valence-corrected chi connectivity index (χ2v) is 8.41. The van der Waals surface area contributed by atoms with Crippen LogP contribution in [0.25, 0.3) is 6.08 Å². The van der Waals surface area contributed by atoms with Gasteiger partial charge in [-0.25, -0.2) is 9.69 Å². The van der Waals surface area contributed by atoms with E-state index < -0.39 is 22.8 Å². The highest BCUT2D eigenvalue weighted by Crippen LogP contribution is 2.30. The van der Waals surface area contributed by atoms with Crippen molar-refractivity contribution in [2.24, 2.45) is 0 Å². The van der Waals surface area contributed by atoms with E-state index in [-0.39, 0.29) is 29.3 Å². The third kappa shape index (κ3) is 5.44. The highest BCUT2D eigenvalue weighted by atomic mass is 35.5.